The van der Waals surface area contributed by atoms with E-state index in [1.54, 1.807) is 6.07 Å². The van der Waals surface area contributed by atoms with Crippen LogP contribution in [0, 0.1) is 6.92 Å². The summed E-state index contributed by atoms with van der Waals surface area (Å²) in [5, 5.41) is 3.72. The number of nitrogens with one attached hydrogen (secondary N) is 1. The van der Waals surface area contributed by atoms with E-state index in [1.807, 2.05) is 0 Å². The van der Waals surface area contributed by atoms with Gasteiger partial charge < -0.3 is 13.8 Å². The minimum absolute atomic E-state index is 0.114. The molecular formula is C20H20N7O7P. The topological polar surface area (TPSA) is 183 Å². The molecule has 35 heavy (non-hydrogen) atoms. The Bertz CT molecular complexity index is 1330. The van der Waals surface area contributed by atoms with Gasteiger partial charge in [-0.1, -0.05) is 5.11 Å². The van der Waals surface area contributed by atoms with Crippen LogP contribution in [-0.4, -0.2) is 38.3 Å². The summed E-state index contributed by atoms with van der Waals surface area (Å²) in [5.74, 6) is 0.316. The second kappa shape index (κ2) is 10.5. The van der Waals surface area contributed by atoms with E-state index in [-0.39, 0.29) is 24.5 Å². The third kappa shape index (κ3) is 5.94. The zero-order valence-electron chi connectivity index (χ0n) is 18.3. The molecule has 1 fully saturated rings. The summed E-state index contributed by atoms with van der Waals surface area (Å²) in [7, 11) is -4.28. The number of H-pyrrole nitrogens is 1. The molecule has 3 aromatic rings. The Kier molecular flexibility index (Phi) is 7.28. The third-order valence-electron chi connectivity index (χ3n) is 4.98. The van der Waals surface area contributed by atoms with Crippen molar-refractivity contribution in [2.24, 2.45) is 5.11 Å². The maximum Gasteiger partial charge on any atom is 0.587 e. The molecule has 2 unspecified atom stereocenters. The highest BCUT2D eigenvalue weighted by atomic mass is 31.2. The highest BCUT2D eigenvalue weighted by molar-refractivity contribution is 7.49. The third-order valence-corrected chi connectivity index (χ3v) is 6.31. The minimum Gasteiger partial charge on any atom is -0.395 e. The number of aromatic amines is 1. The monoisotopic (exact) mass is 501 g/mol. The van der Waals surface area contributed by atoms with Gasteiger partial charge in [0.25, 0.3) is 5.56 Å². The number of hydrogen-bond donors (Lipinski definition) is 1. The maximum absolute atomic E-state index is 13.5. The predicted molar refractivity (Wildman–Crippen MR) is 121 cm³/mol. The van der Waals surface area contributed by atoms with E-state index < -0.39 is 37.4 Å². The van der Waals surface area contributed by atoms with Crippen LogP contribution >= 0.6 is 7.82 Å². The molecule has 182 valence electrons. The number of ether oxygens (including phenoxy) is 1. The minimum atomic E-state index is -4.28. The van der Waals surface area contributed by atoms with Crippen molar-refractivity contribution in [1.29, 1.82) is 0 Å². The van der Waals surface area contributed by atoms with Gasteiger partial charge in [-0.25, -0.2) is 9.36 Å². The zero-order chi connectivity index (χ0) is 24.8. The first-order chi connectivity index (χ1) is 16.9. The molecule has 0 aromatic carbocycles. The van der Waals surface area contributed by atoms with Crippen LogP contribution in [-0.2, 0) is 13.8 Å². The molecule has 4 rings (SSSR count). The van der Waals surface area contributed by atoms with Crippen LogP contribution in [0.4, 0.5) is 0 Å². The van der Waals surface area contributed by atoms with Crippen molar-refractivity contribution < 1.29 is 22.9 Å². The first-order valence-electron chi connectivity index (χ1n) is 10.3. The fraction of sp³-hybridized carbons (Fsp3) is 0.300. The van der Waals surface area contributed by atoms with Gasteiger partial charge in [0.05, 0.1) is 24.9 Å². The lowest BCUT2D eigenvalue weighted by atomic mass is 10.1. The number of phosphoric acid groups is 1. The van der Waals surface area contributed by atoms with Gasteiger partial charge >= 0.3 is 13.5 Å². The van der Waals surface area contributed by atoms with Crippen molar-refractivity contribution in [1.82, 2.24) is 19.5 Å². The molecule has 1 aliphatic heterocycles. The first-order valence-corrected chi connectivity index (χ1v) is 11.8. The smallest absolute Gasteiger partial charge is 0.395 e. The molecule has 3 aromatic heterocycles. The summed E-state index contributed by atoms with van der Waals surface area (Å²) in [6.45, 7) is 1.18. The van der Waals surface area contributed by atoms with Crippen molar-refractivity contribution in [3.8, 4) is 11.5 Å². The van der Waals surface area contributed by atoms with E-state index in [9.17, 15) is 14.2 Å². The summed E-state index contributed by atoms with van der Waals surface area (Å²) < 4.78 is 37.1. The van der Waals surface area contributed by atoms with E-state index in [0.29, 0.717) is 5.56 Å². The lowest BCUT2D eigenvalue weighted by Gasteiger charge is -2.22. The zero-order valence-corrected chi connectivity index (χ0v) is 19.2. The molecule has 0 saturated carbocycles. The molecule has 1 saturated heterocycles. The van der Waals surface area contributed by atoms with E-state index >= 15 is 0 Å². The second-order valence-electron chi connectivity index (χ2n) is 7.41. The Morgan fingerprint density at radius 2 is 2.00 bits per heavy atom. The van der Waals surface area contributed by atoms with Crippen molar-refractivity contribution in [3.05, 3.63) is 92.1 Å². The number of nitrogens with zero attached hydrogens (tertiary/aromatic N) is 6. The molecule has 0 aliphatic carbocycles. The van der Waals surface area contributed by atoms with Gasteiger partial charge in [0.15, 0.2) is 5.75 Å². The average molecular weight is 501 g/mol. The second-order valence-corrected chi connectivity index (χ2v) is 8.93. The van der Waals surface area contributed by atoms with Crippen molar-refractivity contribution in [2.45, 2.75) is 31.7 Å². The van der Waals surface area contributed by atoms with E-state index in [2.05, 4.69) is 25.0 Å². The highest BCUT2D eigenvalue weighted by Crippen LogP contribution is 2.50. The normalized spacial score (nSPS) is 21.0. The van der Waals surface area contributed by atoms with E-state index in [1.165, 1.54) is 60.7 Å². The standard InChI is InChI=1S/C20H20N7O7P/c1-13-11-27(20(29)24-19(13)28)18-9-16(25-26-21)17(32-18)12-31-35(30,33-14-4-7-22-8-5-14)34-15-3-2-6-23-10-15/h2-8,10-11,16-18H,9,12H2,1H3,(H,24,28,29)/t16?,17-,18-,35?/m1/s1. The quantitative estimate of drug-likeness (QED) is 0.199. The van der Waals surface area contributed by atoms with E-state index in [4.69, 9.17) is 23.8 Å². The number of hydrogen-bond acceptors (Lipinski definition) is 10. The summed E-state index contributed by atoms with van der Waals surface area (Å²) in [4.78, 5) is 36.8. The van der Waals surface area contributed by atoms with Gasteiger partial charge in [-0.05, 0) is 36.7 Å². The fourth-order valence-corrected chi connectivity index (χ4v) is 4.54. The van der Waals surface area contributed by atoms with Gasteiger partial charge in [0.2, 0.25) is 0 Å². The van der Waals surface area contributed by atoms with Crippen LogP contribution < -0.4 is 20.3 Å². The van der Waals surface area contributed by atoms with Crippen LogP contribution in [0.5, 0.6) is 11.5 Å². The molecule has 0 spiro atoms. The highest BCUT2D eigenvalue weighted by Gasteiger charge is 2.40. The number of aromatic nitrogens is 4. The Morgan fingerprint density at radius 1 is 1.23 bits per heavy atom. The molecule has 1 aliphatic rings. The molecular weight excluding hydrogens is 481 g/mol. The van der Waals surface area contributed by atoms with Gasteiger partial charge in [0.1, 0.15) is 12.0 Å². The van der Waals surface area contributed by atoms with Crippen LogP contribution in [0.1, 0.15) is 18.2 Å². The van der Waals surface area contributed by atoms with Crippen LogP contribution in [0.25, 0.3) is 10.4 Å². The SMILES string of the molecule is Cc1cn([C@H]2CC(N=[N+]=[N-])[C@@H](COP(=O)(Oc3ccncc3)Oc3cccnc3)O2)c(=O)[nH]c1=O. The molecule has 4 atom stereocenters. The van der Waals surface area contributed by atoms with E-state index in [0.717, 1.165) is 0 Å². The van der Waals surface area contributed by atoms with Gasteiger partial charge in [-0.2, -0.15) is 0 Å². The summed E-state index contributed by atoms with van der Waals surface area (Å²) in [5.41, 5.74) is 8.08. The molecule has 14 nitrogen and oxygen atoms in total. The molecule has 0 bridgehead atoms. The summed E-state index contributed by atoms with van der Waals surface area (Å²) in [6, 6.07) is 5.28. The number of azide groups is 1. The molecule has 4 heterocycles. The van der Waals surface area contributed by atoms with Gasteiger partial charge in [-0.15, -0.1) is 0 Å². The lowest BCUT2D eigenvalue weighted by Crippen LogP contribution is -2.33. The molecule has 15 heteroatoms. The Labute approximate surface area is 197 Å². The molecule has 0 radical (unpaired) electrons. The predicted octanol–water partition coefficient (Wildman–Crippen LogP) is 2.88. The fourth-order valence-electron chi connectivity index (χ4n) is 3.32. The number of aryl methyl sites for hydroxylation is 1. The molecule has 1 N–H and O–H groups in total. The number of pyridine rings is 2. The van der Waals surface area contributed by atoms with Crippen LogP contribution in [0.3, 0.4) is 0 Å². The largest absolute Gasteiger partial charge is 0.587 e. The maximum atomic E-state index is 13.5. The summed E-state index contributed by atoms with van der Waals surface area (Å²) in [6.07, 6.45) is 5.44. The first kappa shape index (κ1) is 24.2. The lowest BCUT2D eigenvalue weighted by molar-refractivity contribution is -0.0260. The number of phosphoric ester groups is 1. The van der Waals surface area contributed by atoms with Crippen molar-refractivity contribution >= 4 is 7.82 Å². The van der Waals surface area contributed by atoms with Crippen molar-refractivity contribution in [3.63, 3.8) is 0 Å². The van der Waals surface area contributed by atoms with Crippen LogP contribution in [0.15, 0.2) is 70.0 Å². The average Bonchev–Trinajstić information content (AvgIpc) is 3.24. The summed E-state index contributed by atoms with van der Waals surface area (Å²) >= 11 is 0. The van der Waals surface area contributed by atoms with Gasteiger partial charge in [0, 0.05) is 41.7 Å². The van der Waals surface area contributed by atoms with Crippen molar-refractivity contribution in [2.75, 3.05) is 6.61 Å². The molecule has 0 amide bonds. The van der Waals surface area contributed by atoms with Gasteiger partial charge in [-0.3, -0.25) is 28.8 Å². The Morgan fingerprint density at radius 3 is 2.71 bits per heavy atom. The Hall–Kier alpha value is -3.96. The number of rotatable bonds is 9. The Balaban J connectivity index is 1.55. The van der Waals surface area contributed by atoms with Crippen LogP contribution in [0.2, 0.25) is 0 Å².